The number of halogens is 3. The summed E-state index contributed by atoms with van der Waals surface area (Å²) in [6, 6.07) is 8.83. The predicted molar refractivity (Wildman–Crippen MR) is 112 cm³/mol. The van der Waals surface area contributed by atoms with Crippen LogP contribution >= 0.6 is 39.1 Å². The highest BCUT2D eigenvalue weighted by molar-refractivity contribution is 9.10. The molecule has 1 heterocycles. The van der Waals surface area contributed by atoms with E-state index in [1.165, 1.54) is 0 Å². The molecule has 1 aliphatic rings. The number of benzene rings is 2. The minimum atomic E-state index is -0.381. The smallest absolute Gasteiger partial charge is 0.254 e. The number of carbonyl (C=O) groups excluding carboxylic acids is 2. The fraction of sp³-hybridized carbons (Fsp3) is 0.200. The zero-order valence-corrected chi connectivity index (χ0v) is 18.0. The second-order valence-corrected chi connectivity index (χ2v) is 7.69. The third kappa shape index (κ3) is 4.87. The van der Waals surface area contributed by atoms with E-state index in [2.05, 4.69) is 21.2 Å². The van der Waals surface area contributed by atoms with Crippen molar-refractivity contribution < 1.29 is 19.1 Å². The van der Waals surface area contributed by atoms with Crippen LogP contribution in [-0.4, -0.2) is 18.4 Å². The molecule has 5 nitrogen and oxygen atoms in total. The van der Waals surface area contributed by atoms with Crippen molar-refractivity contribution in [2.75, 3.05) is 6.61 Å². The molecule has 2 aromatic rings. The highest BCUT2D eigenvalue weighted by Crippen LogP contribution is 2.38. The number of hydrogen-bond donors (Lipinski definition) is 1. The molecule has 0 bridgehead atoms. The van der Waals surface area contributed by atoms with Crippen molar-refractivity contribution in [3.05, 3.63) is 61.5 Å². The van der Waals surface area contributed by atoms with Crippen molar-refractivity contribution in [2.45, 2.75) is 20.0 Å². The topological polar surface area (TPSA) is 64.6 Å². The summed E-state index contributed by atoms with van der Waals surface area (Å²) in [6.45, 7) is 2.58. The summed E-state index contributed by atoms with van der Waals surface area (Å²) < 4.78 is 12.3. The first-order chi connectivity index (χ1) is 13.4. The van der Waals surface area contributed by atoms with Crippen molar-refractivity contribution in [2.24, 2.45) is 0 Å². The molecule has 2 aromatic carbocycles. The van der Waals surface area contributed by atoms with Gasteiger partial charge in [0.25, 0.3) is 5.91 Å². The van der Waals surface area contributed by atoms with E-state index >= 15 is 0 Å². The van der Waals surface area contributed by atoms with E-state index in [4.69, 9.17) is 32.7 Å². The number of rotatable bonds is 6. The van der Waals surface area contributed by atoms with Crippen molar-refractivity contribution in [1.29, 1.82) is 0 Å². The quantitative estimate of drug-likeness (QED) is 0.454. The number of carbonyl (C=O) groups is 2. The fourth-order valence-corrected chi connectivity index (χ4v) is 3.57. The standard InChI is InChI=1S/C20H16BrCl2NO4/c1-2-27-19-14(21)6-12(5-13-9-18(25)24-20(13)26)8-17(19)28-10-11-3-4-15(22)16(23)7-11/h3-8H,2,9-10H2,1H3,(H,24,25,26). The Labute approximate surface area is 180 Å². The summed E-state index contributed by atoms with van der Waals surface area (Å²) in [5.41, 5.74) is 1.95. The highest BCUT2D eigenvalue weighted by Gasteiger charge is 2.24. The molecule has 28 heavy (non-hydrogen) atoms. The summed E-state index contributed by atoms with van der Waals surface area (Å²) in [5, 5.41) is 3.19. The largest absolute Gasteiger partial charge is 0.489 e. The Hall–Kier alpha value is -2.02. The third-order valence-corrected chi connectivity index (χ3v) is 5.26. The van der Waals surface area contributed by atoms with E-state index in [1.807, 2.05) is 13.0 Å². The molecule has 0 aliphatic carbocycles. The zero-order valence-electron chi connectivity index (χ0n) is 14.9. The van der Waals surface area contributed by atoms with E-state index in [0.29, 0.717) is 43.8 Å². The van der Waals surface area contributed by atoms with Crippen LogP contribution in [-0.2, 0) is 16.2 Å². The number of amides is 2. The molecule has 3 rings (SSSR count). The lowest BCUT2D eigenvalue weighted by molar-refractivity contribution is -0.124. The highest BCUT2D eigenvalue weighted by atomic mass is 79.9. The first-order valence-corrected chi connectivity index (χ1v) is 10.00. The Morgan fingerprint density at radius 3 is 2.57 bits per heavy atom. The molecule has 146 valence electrons. The van der Waals surface area contributed by atoms with E-state index < -0.39 is 0 Å². The summed E-state index contributed by atoms with van der Waals surface area (Å²) in [6.07, 6.45) is 1.72. The molecule has 1 fully saturated rings. The Kier molecular flexibility index (Phi) is 6.65. The number of nitrogens with one attached hydrogen (secondary N) is 1. The average molecular weight is 485 g/mol. The van der Waals surface area contributed by atoms with Crippen LogP contribution in [0.25, 0.3) is 6.08 Å². The summed E-state index contributed by atoms with van der Waals surface area (Å²) in [4.78, 5) is 23.2. The lowest BCUT2D eigenvalue weighted by Gasteiger charge is -2.15. The van der Waals surface area contributed by atoms with Crippen molar-refractivity contribution in [1.82, 2.24) is 5.32 Å². The monoisotopic (exact) mass is 483 g/mol. The Bertz CT molecular complexity index is 975. The number of hydrogen-bond acceptors (Lipinski definition) is 4. The second kappa shape index (κ2) is 8.99. The van der Waals surface area contributed by atoms with Gasteiger partial charge in [-0.3, -0.25) is 14.9 Å². The average Bonchev–Trinajstić information content (AvgIpc) is 2.95. The second-order valence-electron chi connectivity index (χ2n) is 6.02. The van der Waals surface area contributed by atoms with Crippen LogP contribution in [0.5, 0.6) is 11.5 Å². The van der Waals surface area contributed by atoms with E-state index in [0.717, 1.165) is 5.56 Å². The SMILES string of the molecule is CCOc1c(Br)cc(C=C2CC(=O)NC2=O)cc1OCc1ccc(Cl)c(Cl)c1. The van der Waals surface area contributed by atoms with Gasteiger partial charge in [0.1, 0.15) is 6.61 Å². The molecule has 1 aliphatic heterocycles. The molecule has 2 amide bonds. The maximum Gasteiger partial charge on any atom is 0.254 e. The van der Waals surface area contributed by atoms with Gasteiger partial charge >= 0.3 is 0 Å². The zero-order chi connectivity index (χ0) is 20.3. The number of ether oxygens (including phenoxy) is 2. The molecule has 1 saturated heterocycles. The van der Waals surface area contributed by atoms with Crippen LogP contribution in [0.4, 0.5) is 0 Å². The van der Waals surface area contributed by atoms with Crippen LogP contribution in [0.1, 0.15) is 24.5 Å². The minimum Gasteiger partial charge on any atom is -0.489 e. The Morgan fingerprint density at radius 1 is 1.14 bits per heavy atom. The molecule has 1 N–H and O–H groups in total. The molecule has 0 aromatic heterocycles. The maximum atomic E-state index is 11.8. The van der Waals surface area contributed by atoms with Gasteiger partial charge in [0.05, 0.1) is 27.5 Å². The van der Waals surface area contributed by atoms with Gasteiger partial charge in [0.15, 0.2) is 11.5 Å². The van der Waals surface area contributed by atoms with Crippen LogP contribution < -0.4 is 14.8 Å². The van der Waals surface area contributed by atoms with Crippen LogP contribution in [0.3, 0.4) is 0 Å². The summed E-state index contributed by atoms with van der Waals surface area (Å²) in [5.74, 6) is 0.362. The van der Waals surface area contributed by atoms with Gasteiger partial charge in [-0.05, 0) is 64.3 Å². The van der Waals surface area contributed by atoms with Gasteiger partial charge in [-0.15, -0.1) is 0 Å². The Balaban J connectivity index is 1.90. The minimum absolute atomic E-state index is 0.0587. The van der Waals surface area contributed by atoms with Crippen LogP contribution in [0.15, 0.2) is 40.4 Å². The molecule has 8 heteroatoms. The lowest BCUT2D eigenvalue weighted by Crippen LogP contribution is -2.19. The summed E-state index contributed by atoms with van der Waals surface area (Å²) >= 11 is 15.5. The molecule has 0 atom stereocenters. The normalized spacial score (nSPS) is 15.1. The summed E-state index contributed by atoms with van der Waals surface area (Å²) in [7, 11) is 0. The van der Waals surface area contributed by atoms with Crippen LogP contribution in [0, 0.1) is 0 Å². The van der Waals surface area contributed by atoms with E-state index in [-0.39, 0.29) is 24.8 Å². The number of imide groups is 1. The molecule has 0 saturated carbocycles. The molecule has 0 unspecified atom stereocenters. The van der Waals surface area contributed by atoms with E-state index in [9.17, 15) is 9.59 Å². The van der Waals surface area contributed by atoms with Crippen molar-refractivity contribution >= 4 is 57.0 Å². The van der Waals surface area contributed by atoms with Gasteiger partial charge < -0.3 is 9.47 Å². The van der Waals surface area contributed by atoms with Gasteiger partial charge in [0, 0.05) is 5.57 Å². The molecule has 0 spiro atoms. The van der Waals surface area contributed by atoms with Crippen molar-refractivity contribution in [3.8, 4) is 11.5 Å². The van der Waals surface area contributed by atoms with Gasteiger partial charge in [-0.1, -0.05) is 29.3 Å². The predicted octanol–water partition coefficient (Wildman–Crippen LogP) is 5.16. The van der Waals surface area contributed by atoms with Gasteiger partial charge in [0.2, 0.25) is 5.91 Å². The van der Waals surface area contributed by atoms with E-state index in [1.54, 1.807) is 30.3 Å². The molecular formula is C20H16BrCl2NO4. The first-order valence-electron chi connectivity index (χ1n) is 8.45. The first kappa shape index (κ1) is 20.7. The third-order valence-electron chi connectivity index (χ3n) is 3.94. The van der Waals surface area contributed by atoms with Crippen molar-refractivity contribution in [3.63, 3.8) is 0 Å². The maximum absolute atomic E-state index is 11.8. The van der Waals surface area contributed by atoms with Gasteiger partial charge in [-0.25, -0.2) is 0 Å². The molecular weight excluding hydrogens is 469 g/mol. The van der Waals surface area contributed by atoms with Crippen LogP contribution in [0.2, 0.25) is 10.0 Å². The molecule has 0 radical (unpaired) electrons. The Morgan fingerprint density at radius 2 is 1.93 bits per heavy atom. The van der Waals surface area contributed by atoms with Gasteiger partial charge in [-0.2, -0.15) is 0 Å². The lowest BCUT2D eigenvalue weighted by atomic mass is 10.1. The fourth-order valence-electron chi connectivity index (χ4n) is 2.68.